The summed E-state index contributed by atoms with van der Waals surface area (Å²) in [5, 5.41) is 8.75. The van der Waals surface area contributed by atoms with E-state index in [1.807, 2.05) is 25.1 Å². The Bertz CT molecular complexity index is 612. The molecule has 0 unspecified atom stereocenters. The highest BCUT2D eigenvalue weighted by atomic mass is 16.5. The van der Waals surface area contributed by atoms with Gasteiger partial charge in [-0.15, -0.1) is 0 Å². The van der Waals surface area contributed by atoms with Gasteiger partial charge in [-0.25, -0.2) is 4.98 Å². The average Bonchev–Trinajstić information content (AvgIpc) is 2.53. The molecule has 108 valence electrons. The SMILES string of the molecule is CCc1ccc([C@@H](Oc2ccc(C#N)nc2)[C@H](C)N)cc1. The third-order valence-electron chi connectivity index (χ3n) is 3.31. The first-order valence-electron chi connectivity index (χ1n) is 7.01. The van der Waals surface area contributed by atoms with Crippen molar-refractivity contribution < 1.29 is 4.74 Å². The lowest BCUT2D eigenvalue weighted by molar-refractivity contribution is 0.180. The lowest BCUT2D eigenvalue weighted by Gasteiger charge is -2.23. The standard InChI is InChI=1S/C17H19N3O/c1-3-13-4-6-14(7-5-13)17(12(2)19)21-16-9-8-15(10-18)20-11-16/h4-9,11-12,17H,3,19H2,1-2H3/t12-,17-/m0/s1. The van der Waals surface area contributed by atoms with Crippen molar-refractivity contribution >= 4 is 0 Å². The topological polar surface area (TPSA) is 71.9 Å². The van der Waals surface area contributed by atoms with Crippen LogP contribution >= 0.6 is 0 Å². The maximum absolute atomic E-state index is 8.75. The van der Waals surface area contributed by atoms with Gasteiger partial charge in [-0.2, -0.15) is 5.26 Å². The summed E-state index contributed by atoms with van der Waals surface area (Å²) >= 11 is 0. The zero-order valence-corrected chi connectivity index (χ0v) is 12.3. The monoisotopic (exact) mass is 281 g/mol. The van der Waals surface area contributed by atoms with Crippen LogP contribution < -0.4 is 10.5 Å². The molecule has 4 heteroatoms. The molecule has 0 amide bonds. The molecule has 21 heavy (non-hydrogen) atoms. The van der Waals surface area contributed by atoms with E-state index in [9.17, 15) is 0 Å². The van der Waals surface area contributed by atoms with Crippen LogP contribution in [0.3, 0.4) is 0 Å². The van der Waals surface area contributed by atoms with Crippen LogP contribution in [0.4, 0.5) is 0 Å². The van der Waals surface area contributed by atoms with Gasteiger partial charge in [0.1, 0.15) is 23.6 Å². The number of nitriles is 1. The largest absolute Gasteiger partial charge is 0.482 e. The lowest BCUT2D eigenvalue weighted by atomic mass is 10.0. The molecule has 1 aromatic heterocycles. The molecule has 2 N–H and O–H groups in total. The first kappa shape index (κ1) is 15.0. The van der Waals surface area contributed by atoms with Crippen molar-refractivity contribution in [2.45, 2.75) is 32.4 Å². The minimum atomic E-state index is -0.245. The van der Waals surface area contributed by atoms with Crippen molar-refractivity contribution in [3.8, 4) is 11.8 Å². The van der Waals surface area contributed by atoms with Crippen LogP contribution in [-0.4, -0.2) is 11.0 Å². The third kappa shape index (κ3) is 3.80. The Morgan fingerprint density at radius 1 is 1.24 bits per heavy atom. The van der Waals surface area contributed by atoms with Gasteiger partial charge in [0.05, 0.1) is 6.20 Å². The minimum absolute atomic E-state index is 0.159. The van der Waals surface area contributed by atoms with Crippen LogP contribution in [0.5, 0.6) is 5.75 Å². The number of aryl methyl sites for hydroxylation is 1. The van der Waals surface area contributed by atoms with Crippen molar-refractivity contribution in [3.05, 3.63) is 59.4 Å². The Morgan fingerprint density at radius 2 is 1.95 bits per heavy atom. The number of nitrogens with two attached hydrogens (primary N) is 1. The van der Waals surface area contributed by atoms with Gasteiger partial charge < -0.3 is 10.5 Å². The quantitative estimate of drug-likeness (QED) is 0.914. The van der Waals surface area contributed by atoms with Crippen LogP contribution in [0.15, 0.2) is 42.6 Å². The van der Waals surface area contributed by atoms with E-state index in [1.165, 1.54) is 5.56 Å². The molecule has 0 fully saturated rings. The van der Waals surface area contributed by atoms with Crippen LogP contribution in [0.1, 0.15) is 36.8 Å². The van der Waals surface area contributed by atoms with Crippen molar-refractivity contribution in [3.63, 3.8) is 0 Å². The van der Waals surface area contributed by atoms with Crippen LogP contribution in [0.2, 0.25) is 0 Å². The molecule has 4 nitrogen and oxygen atoms in total. The zero-order valence-electron chi connectivity index (χ0n) is 12.3. The minimum Gasteiger partial charge on any atom is -0.482 e. The number of pyridine rings is 1. The fraction of sp³-hybridized carbons (Fsp3) is 0.294. The molecule has 0 bridgehead atoms. The highest BCUT2D eigenvalue weighted by molar-refractivity contribution is 5.29. The molecule has 0 saturated carbocycles. The smallest absolute Gasteiger partial charge is 0.140 e. The molecule has 1 aromatic carbocycles. The Balaban J connectivity index is 2.19. The second-order valence-electron chi connectivity index (χ2n) is 4.98. The van der Waals surface area contributed by atoms with Gasteiger partial charge >= 0.3 is 0 Å². The van der Waals surface area contributed by atoms with Gasteiger partial charge in [-0.3, -0.25) is 0 Å². The van der Waals surface area contributed by atoms with Gasteiger partial charge in [-0.1, -0.05) is 31.2 Å². The summed E-state index contributed by atoms with van der Waals surface area (Å²) in [6.45, 7) is 4.03. The molecular weight excluding hydrogens is 262 g/mol. The highest BCUT2D eigenvalue weighted by Crippen LogP contribution is 2.24. The Morgan fingerprint density at radius 3 is 2.43 bits per heavy atom. The molecular formula is C17H19N3O. The molecule has 0 aliphatic carbocycles. The van der Waals surface area contributed by atoms with E-state index in [4.69, 9.17) is 15.7 Å². The van der Waals surface area contributed by atoms with E-state index in [-0.39, 0.29) is 12.1 Å². The van der Waals surface area contributed by atoms with Crippen LogP contribution in [0, 0.1) is 11.3 Å². The number of nitrogens with zero attached hydrogens (tertiary/aromatic N) is 2. The molecule has 0 aliphatic rings. The van der Waals surface area contributed by atoms with E-state index < -0.39 is 0 Å². The number of hydrogen-bond donors (Lipinski definition) is 1. The summed E-state index contributed by atoms with van der Waals surface area (Å²) in [5.41, 5.74) is 8.73. The summed E-state index contributed by atoms with van der Waals surface area (Å²) in [6, 6.07) is 13.5. The van der Waals surface area contributed by atoms with E-state index in [0.29, 0.717) is 11.4 Å². The summed E-state index contributed by atoms with van der Waals surface area (Å²) in [4.78, 5) is 4.00. The summed E-state index contributed by atoms with van der Waals surface area (Å²) in [5.74, 6) is 0.607. The van der Waals surface area contributed by atoms with Crippen molar-refractivity contribution in [1.29, 1.82) is 5.26 Å². The molecule has 0 aliphatic heterocycles. The van der Waals surface area contributed by atoms with Crippen molar-refractivity contribution in [1.82, 2.24) is 4.98 Å². The van der Waals surface area contributed by atoms with E-state index in [1.54, 1.807) is 18.3 Å². The fourth-order valence-corrected chi connectivity index (χ4v) is 2.08. The number of benzene rings is 1. The highest BCUT2D eigenvalue weighted by Gasteiger charge is 2.18. The number of aromatic nitrogens is 1. The Hall–Kier alpha value is -2.38. The van der Waals surface area contributed by atoms with Gasteiger partial charge in [0.2, 0.25) is 0 Å². The molecule has 1 heterocycles. The maximum Gasteiger partial charge on any atom is 0.140 e. The predicted octanol–water partition coefficient (Wildman–Crippen LogP) is 2.98. The van der Waals surface area contributed by atoms with Crippen LogP contribution in [0.25, 0.3) is 0 Å². The maximum atomic E-state index is 8.75. The normalized spacial score (nSPS) is 13.2. The number of ether oxygens (including phenoxy) is 1. The Kier molecular flexibility index (Phi) is 4.91. The predicted molar refractivity (Wildman–Crippen MR) is 81.8 cm³/mol. The van der Waals surface area contributed by atoms with Crippen molar-refractivity contribution in [2.75, 3.05) is 0 Å². The second-order valence-corrected chi connectivity index (χ2v) is 4.98. The van der Waals surface area contributed by atoms with Gasteiger partial charge in [0.25, 0.3) is 0 Å². The van der Waals surface area contributed by atoms with Gasteiger partial charge in [-0.05, 0) is 36.6 Å². The summed E-state index contributed by atoms with van der Waals surface area (Å²) in [6.07, 6.45) is 2.31. The van der Waals surface area contributed by atoms with Gasteiger partial charge in [0.15, 0.2) is 0 Å². The molecule has 0 saturated heterocycles. The van der Waals surface area contributed by atoms with E-state index in [0.717, 1.165) is 12.0 Å². The van der Waals surface area contributed by atoms with Crippen molar-refractivity contribution in [2.24, 2.45) is 5.73 Å². The average molecular weight is 281 g/mol. The third-order valence-corrected chi connectivity index (χ3v) is 3.31. The second kappa shape index (κ2) is 6.87. The molecule has 2 rings (SSSR count). The molecule has 0 radical (unpaired) electrons. The molecule has 2 aromatic rings. The zero-order chi connectivity index (χ0) is 15.2. The van der Waals surface area contributed by atoms with Crippen LogP contribution in [-0.2, 0) is 6.42 Å². The molecule has 2 atom stereocenters. The van der Waals surface area contributed by atoms with E-state index in [2.05, 4.69) is 24.0 Å². The summed E-state index contributed by atoms with van der Waals surface area (Å²) in [7, 11) is 0. The first-order chi connectivity index (χ1) is 10.1. The molecule has 0 spiro atoms. The van der Waals surface area contributed by atoms with Gasteiger partial charge in [0, 0.05) is 6.04 Å². The fourth-order valence-electron chi connectivity index (χ4n) is 2.08. The lowest BCUT2D eigenvalue weighted by Crippen LogP contribution is -2.29. The number of rotatable bonds is 5. The Labute approximate surface area is 125 Å². The number of hydrogen-bond acceptors (Lipinski definition) is 4. The summed E-state index contributed by atoms with van der Waals surface area (Å²) < 4.78 is 5.94. The van der Waals surface area contributed by atoms with E-state index >= 15 is 0 Å². The first-order valence-corrected chi connectivity index (χ1v) is 7.01.